The van der Waals surface area contributed by atoms with Crippen molar-refractivity contribution in [1.29, 1.82) is 0 Å². The minimum atomic E-state index is -0.387. The van der Waals surface area contributed by atoms with E-state index >= 15 is 0 Å². The molecule has 0 saturated carbocycles. The van der Waals surface area contributed by atoms with E-state index in [1.165, 1.54) is 0 Å². The Morgan fingerprint density at radius 3 is 1.45 bits per heavy atom. The molecular weight excluding hydrogens is 284 g/mol. The zero-order valence-electron chi connectivity index (χ0n) is 12.5. The monoisotopic (exact) mass is 304 g/mol. The fourth-order valence-corrected chi connectivity index (χ4v) is 2.74. The standard InChI is InChI=1S/C16H20N2O4/c19-15(17-9-3-4-10-17)21-13-7-1-2-8-14(13)22-16(20)18-11-5-6-12-18/h1-2,7-8H,3-6,9-12H2. The molecule has 0 radical (unpaired) electrons. The molecule has 1 aromatic carbocycles. The summed E-state index contributed by atoms with van der Waals surface area (Å²) in [4.78, 5) is 27.5. The van der Waals surface area contributed by atoms with Gasteiger partial charge in [0.05, 0.1) is 0 Å². The van der Waals surface area contributed by atoms with E-state index in [-0.39, 0.29) is 23.7 Å². The third kappa shape index (κ3) is 3.32. The summed E-state index contributed by atoms with van der Waals surface area (Å²) >= 11 is 0. The fourth-order valence-electron chi connectivity index (χ4n) is 2.74. The van der Waals surface area contributed by atoms with Crippen molar-refractivity contribution in [2.45, 2.75) is 25.7 Å². The van der Waals surface area contributed by atoms with Crippen LogP contribution in [-0.4, -0.2) is 48.2 Å². The number of hydrogen-bond donors (Lipinski definition) is 0. The van der Waals surface area contributed by atoms with E-state index in [2.05, 4.69) is 0 Å². The lowest BCUT2D eigenvalue weighted by molar-refractivity contribution is 0.152. The average Bonchev–Trinajstić information content (AvgIpc) is 3.23. The second kappa shape index (κ2) is 6.68. The van der Waals surface area contributed by atoms with Crippen LogP contribution in [0.2, 0.25) is 0 Å². The van der Waals surface area contributed by atoms with Gasteiger partial charge in [-0.05, 0) is 37.8 Å². The third-order valence-electron chi connectivity index (χ3n) is 3.97. The Bertz CT molecular complexity index is 500. The van der Waals surface area contributed by atoms with Crippen LogP contribution in [0.3, 0.4) is 0 Å². The van der Waals surface area contributed by atoms with Crippen LogP contribution in [0.1, 0.15) is 25.7 Å². The minimum Gasteiger partial charge on any atom is -0.406 e. The number of nitrogens with zero attached hydrogens (tertiary/aromatic N) is 2. The second-order valence-electron chi connectivity index (χ2n) is 5.57. The topological polar surface area (TPSA) is 59.1 Å². The molecule has 2 aliphatic heterocycles. The van der Waals surface area contributed by atoms with Crippen LogP contribution in [0.25, 0.3) is 0 Å². The minimum absolute atomic E-state index is 0.284. The molecule has 2 fully saturated rings. The summed E-state index contributed by atoms with van der Waals surface area (Å²) in [6.45, 7) is 2.87. The lowest BCUT2D eigenvalue weighted by Crippen LogP contribution is -2.32. The average molecular weight is 304 g/mol. The van der Waals surface area contributed by atoms with E-state index in [1.807, 2.05) is 0 Å². The first-order valence-corrected chi connectivity index (χ1v) is 7.76. The van der Waals surface area contributed by atoms with Gasteiger partial charge in [0.25, 0.3) is 0 Å². The predicted molar refractivity (Wildman–Crippen MR) is 80.1 cm³/mol. The van der Waals surface area contributed by atoms with Crippen molar-refractivity contribution in [2.24, 2.45) is 0 Å². The Morgan fingerprint density at radius 2 is 1.09 bits per heavy atom. The van der Waals surface area contributed by atoms with Gasteiger partial charge < -0.3 is 19.3 Å². The number of carbonyl (C=O) groups is 2. The Hall–Kier alpha value is -2.24. The van der Waals surface area contributed by atoms with Gasteiger partial charge >= 0.3 is 12.2 Å². The zero-order valence-corrected chi connectivity index (χ0v) is 12.5. The Balaban J connectivity index is 1.66. The molecule has 6 heteroatoms. The van der Waals surface area contributed by atoms with Crippen LogP contribution in [0, 0.1) is 0 Å². The van der Waals surface area contributed by atoms with Gasteiger partial charge in [0.2, 0.25) is 0 Å². The van der Waals surface area contributed by atoms with Crippen molar-refractivity contribution in [3.8, 4) is 11.5 Å². The van der Waals surface area contributed by atoms with Crippen LogP contribution < -0.4 is 9.47 Å². The highest BCUT2D eigenvalue weighted by Crippen LogP contribution is 2.28. The van der Waals surface area contributed by atoms with Crippen LogP contribution in [-0.2, 0) is 0 Å². The normalized spacial score (nSPS) is 17.6. The lowest BCUT2D eigenvalue weighted by atomic mass is 10.3. The molecule has 0 bridgehead atoms. The van der Waals surface area contributed by atoms with Gasteiger partial charge in [0.1, 0.15) is 0 Å². The number of hydrogen-bond acceptors (Lipinski definition) is 4. The summed E-state index contributed by atoms with van der Waals surface area (Å²) in [6, 6.07) is 6.78. The van der Waals surface area contributed by atoms with E-state index in [0.717, 1.165) is 25.7 Å². The van der Waals surface area contributed by atoms with E-state index in [9.17, 15) is 9.59 Å². The maximum Gasteiger partial charge on any atom is 0.415 e. The Labute approximate surface area is 129 Å². The summed E-state index contributed by atoms with van der Waals surface area (Å²) in [5.74, 6) is 0.568. The summed E-state index contributed by atoms with van der Waals surface area (Å²) < 4.78 is 10.8. The number of ether oxygens (including phenoxy) is 2. The van der Waals surface area contributed by atoms with Crippen LogP contribution >= 0.6 is 0 Å². The smallest absolute Gasteiger partial charge is 0.406 e. The van der Waals surface area contributed by atoms with Crippen molar-refractivity contribution >= 4 is 12.2 Å². The van der Waals surface area contributed by atoms with Crippen molar-refractivity contribution in [2.75, 3.05) is 26.2 Å². The molecule has 118 valence electrons. The lowest BCUT2D eigenvalue weighted by Gasteiger charge is -2.18. The maximum absolute atomic E-state index is 12.1. The van der Waals surface area contributed by atoms with E-state index < -0.39 is 0 Å². The molecule has 0 atom stereocenters. The van der Waals surface area contributed by atoms with Crippen LogP contribution in [0.4, 0.5) is 9.59 Å². The molecule has 2 saturated heterocycles. The fraction of sp³-hybridized carbons (Fsp3) is 0.500. The van der Waals surface area contributed by atoms with Crippen molar-refractivity contribution in [3.05, 3.63) is 24.3 Å². The van der Waals surface area contributed by atoms with Gasteiger partial charge in [0, 0.05) is 26.2 Å². The summed E-state index contributed by atoms with van der Waals surface area (Å²) in [5, 5.41) is 0. The quantitative estimate of drug-likeness (QED) is 0.843. The van der Waals surface area contributed by atoms with Gasteiger partial charge in [-0.1, -0.05) is 12.1 Å². The number of para-hydroxylation sites is 2. The number of rotatable bonds is 2. The largest absolute Gasteiger partial charge is 0.415 e. The first-order valence-electron chi connectivity index (χ1n) is 7.76. The molecule has 22 heavy (non-hydrogen) atoms. The van der Waals surface area contributed by atoms with Crippen molar-refractivity contribution in [3.63, 3.8) is 0 Å². The summed E-state index contributed by atoms with van der Waals surface area (Å²) in [6.07, 6.45) is 3.23. The van der Waals surface area contributed by atoms with Crippen LogP contribution in [0.15, 0.2) is 24.3 Å². The van der Waals surface area contributed by atoms with Crippen LogP contribution in [0.5, 0.6) is 11.5 Å². The van der Waals surface area contributed by atoms with Gasteiger partial charge in [-0.15, -0.1) is 0 Å². The SMILES string of the molecule is O=C(Oc1ccccc1OC(=O)N1CCCC1)N1CCCC1. The Kier molecular flexibility index (Phi) is 4.46. The number of benzene rings is 1. The molecule has 1 aromatic rings. The van der Waals surface area contributed by atoms with E-state index in [4.69, 9.17) is 9.47 Å². The Morgan fingerprint density at radius 1 is 0.727 bits per heavy atom. The number of carbonyl (C=O) groups excluding carboxylic acids is 2. The molecule has 3 rings (SSSR count). The molecule has 0 aliphatic carbocycles. The summed E-state index contributed by atoms with van der Waals surface area (Å²) in [5.41, 5.74) is 0. The summed E-state index contributed by atoms with van der Waals surface area (Å²) in [7, 11) is 0. The molecule has 0 unspecified atom stereocenters. The first-order chi connectivity index (χ1) is 10.7. The maximum atomic E-state index is 12.1. The van der Waals surface area contributed by atoms with E-state index in [0.29, 0.717) is 26.2 Å². The molecule has 0 N–H and O–H groups in total. The highest BCUT2D eigenvalue weighted by Gasteiger charge is 2.24. The number of amides is 2. The van der Waals surface area contributed by atoms with Gasteiger partial charge in [0.15, 0.2) is 11.5 Å². The van der Waals surface area contributed by atoms with Gasteiger partial charge in [-0.3, -0.25) is 0 Å². The molecular formula is C16H20N2O4. The molecule has 2 amide bonds. The molecule has 2 heterocycles. The zero-order chi connectivity index (χ0) is 15.4. The molecule has 2 aliphatic rings. The second-order valence-corrected chi connectivity index (χ2v) is 5.57. The molecule has 0 spiro atoms. The van der Waals surface area contributed by atoms with Gasteiger partial charge in [-0.25, -0.2) is 9.59 Å². The third-order valence-corrected chi connectivity index (χ3v) is 3.97. The van der Waals surface area contributed by atoms with Crippen molar-refractivity contribution < 1.29 is 19.1 Å². The van der Waals surface area contributed by atoms with Crippen molar-refractivity contribution in [1.82, 2.24) is 9.80 Å². The molecule has 0 aromatic heterocycles. The predicted octanol–water partition coefficient (Wildman–Crippen LogP) is 2.88. The van der Waals surface area contributed by atoms with E-state index in [1.54, 1.807) is 34.1 Å². The highest BCUT2D eigenvalue weighted by molar-refractivity contribution is 5.74. The highest BCUT2D eigenvalue weighted by atomic mass is 16.6. The number of likely N-dealkylation sites (tertiary alicyclic amines) is 2. The molecule has 6 nitrogen and oxygen atoms in total. The van der Waals surface area contributed by atoms with Gasteiger partial charge in [-0.2, -0.15) is 0 Å². The first kappa shape index (κ1) is 14.7.